The monoisotopic (exact) mass is 447 g/mol. The first kappa shape index (κ1) is 22.1. The molecule has 1 saturated carbocycles. The van der Waals surface area contributed by atoms with E-state index in [-0.39, 0.29) is 11.7 Å². The van der Waals surface area contributed by atoms with Crippen LogP contribution in [0.25, 0.3) is 21.9 Å². The van der Waals surface area contributed by atoms with Gasteiger partial charge in [0.15, 0.2) is 0 Å². The molecule has 4 rings (SSSR count). The molecule has 0 bridgehead atoms. The molecule has 2 atom stereocenters. The summed E-state index contributed by atoms with van der Waals surface area (Å²) in [6.45, 7) is 4.41. The standard InChI is InChI=1S/C22H30N3O5P/c1-4-29-31(27,30-5-2)12-11-15-9-10-16(13-15)25-21-17-7-6-8-19(28-3)20(17)23-14-18(21)24-22(25)26/h6-8,14-16H,4-5,9-13H2,1-3H3,(H,24,26)/t15-,16-/m0/s1. The zero-order valence-electron chi connectivity index (χ0n) is 18.3. The number of fused-ring (bicyclic) bond motifs is 3. The number of H-pyrrole nitrogens is 1. The van der Waals surface area contributed by atoms with Crippen molar-refractivity contribution in [3.05, 3.63) is 34.9 Å². The summed E-state index contributed by atoms with van der Waals surface area (Å²) < 4.78 is 31.0. The second-order valence-corrected chi connectivity index (χ2v) is 10.2. The summed E-state index contributed by atoms with van der Waals surface area (Å²) in [6, 6.07) is 5.85. The normalized spacial score (nSPS) is 19.5. The van der Waals surface area contributed by atoms with E-state index in [1.807, 2.05) is 36.6 Å². The fraction of sp³-hybridized carbons (Fsp3) is 0.545. The second-order valence-electron chi connectivity index (χ2n) is 7.97. The smallest absolute Gasteiger partial charge is 0.330 e. The Balaban J connectivity index is 1.60. The lowest BCUT2D eigenvalue weighted by molar-refractivity contribution is 0.218. The van der Waals surface area contributed by atoms with Crippen LogP contribution in [-0.4, -0.2) is 41.0 Å². The zero-order chi connectivity index (χ0) is 22.0. The van der Waals surface area contributed by atoms with Gasteiger partial charge in [-0.15, -0.1) is 0 Å². The molecular weight excluding hydrogens is 417 g/mol. The van der Waals surface area contributed by atoms with Crippen LogP contribution in [-0.2, 0) is 13.6 Å². The quantitative estimate of drug-likeness (QED) is 0.470. The van der Waals surface area contributed by atoms with Crippen LogP contribution in [0.1, 0.15) is 45.6 Å². The average Bonchev–Trinajstić information content (AvgIpc) is 3.35. The summed E-state index contributed by atoms with van der Waals surface area (Å²) >= 11 is 0. The first-order valence-corrected chi connectivity index (χ1v) is 12.7. The number of nitrogens with one attached hydrogen (secondary N) is 1. The van der Waals surface area contributed by atoms with Gasteiger partial charge < -0.3 is 18.8 Å². The average molecular weight is 447 g/mol. The molecule has 1 N–H and O–H groups in total. The van der Waals surface area contributed by atoms with Crippen LogP contribution in [0.2, 0.25) is 0 Å². The third-order valence-electron chi connectivity index (χ3n) is 6.09. The summed E-state index contributed by atoms with van der Waals surface area (Å²) in [5.74, 6) is 1.06. The zero-order valence-corrected chi connectivity index (χ0v) is 19.2. The Kier molecular flexibility index (Phi) is 6.51. The number of hydrogen-bond donors (Lipinski definition) is 1. The van der Waals surface area contributed by atoms with Gasteiger partial charge in [-0.25, -0.2) is 4.79 Å². The predicted molar refractivity (Wildman–Crippen MR) is 121 cm³/mol. The van der Waals surface area contributed by atoms with Crippen molar-refractivity contribution in [3.8, 4) is 5.75 Å². The molecule has 2 aromatic heterocycles. The maximum absolute atomic E-state index is 12.9. The van der Waals surface area contributed by atoms with Crippen LogP contribution >= 0.6 is 7.60 Å². The van der Waals surface area contributed by atoms with Crippen molar-refractivity contribution >= 4 is 29.5 Å². The van der Waals surface area contributed by atoms with Crippen LogP contribution in [0, 0.1) is 5.92 Å². The number of pyridine rings is 1. The number of ether oxygens (including phenoxy) is 1. The van der Waals surface area contributed by atoms with Gasteiger partial charge in [-0.2, -0.15) is 0 Å². The van der Waals surface area contributed by atoms with Gasteiger partial charge in [0.05, 0.1) is 43.7 Å². The van der Waals surface area contributed by atoms with Crippen molar-refractivity contribution in [1.29, 1.82) is 0 Å². The first-order chi connectivity index (χ1) is 15.0. The van der Waals surface area contributed by atoms with E-state index >= 15 is 0 Å². The Hall–Kier alpha value is -2.15. The molecule has 1 aromatic carbocycles. The molecule has 168 valence electrons. The summed E-state index contributed by atoms with van der Waals surface area (Å²) in [5.41, 5.74) is 2.22. The highest BCUT2D eigenvalue weighted by molar-refractivity contribution is 7.53. The van der Waals surface area contributed by atoms with Gasteiger partial charge in [0.25, 0.3) is 0 Å². The number of aromatic nitrogens is 3. The van der Waals surface area contributed by atoms with Crippen LogP contribution in [0.3, 0.4) is 0 Å². The molecule has 0 unspecified atom stereocenters. The van der Waals surface area contributed by atoms with E-state index in [4.69, 9.17) is 13.8 Å². The molecule has 31 heavy (non-hydrogen) atoms. The summed E-state index contributed by atoms with van der Waals surface area (Å²) in [7, 11) is -1.42. The summed E-state index contributed by atoms with van der Waals surface area (Å²) in [4.78, 5) is 20.3. The fourth-order valence-corrected chi connectivity index (χ4v) is 6.57. The lowest BCUT2D eigenvalue weighted by atomic mass is 10.1. The minimum Gasteiger partial charge on any atom is -0.494 e. The Bertz CT molecular complexity index is 1160. The maximum Gasteiger partial charge on any atom is 0.330 e. The minimum absolute atomic E-state index is 0.0848. The fourth-order valence-electron chi connectivity index (χ4n) is 4.77. The van der Waals surface area contributed by atoms with E-state index in [0.29, 0.717) is 31.0 Å². The predicted octanol–water partition coefficient (Wildman–Crippen LogP) is 4.88. The van der Waals surface area contributed by atoms with Gasteiger partial charge >= 0.3 is 13.3 Å². The number of nitrogens with zero attached hydrogens (tertiary/aromatic N) is 2. The van der Waals surface area contributed by atoms with E-state index in [0.717, 1.165) is 47.6 Å². The number of benzene rings is 1. The summed E-state index contributed by atoms with van der Waals surface area (Å²) in [6.07, 6.45) is 5.62. The van der Waals surface area contributed by atoms with E-state index in [1.54, 1.807) is 13.3 Å². The van der Waals surface area contributed by atoms with Crippen LogP contribution in [0.5, 0.6) is 5.75 Å². The van der Waals surface area contributed by atoms with Gasteiger partial charge in [0.2, 0.25) is 0 Å². The third-order valence-corrected chi connectivity index (χ3v) is 8.20. The number of methoxy groups -OCH3 is 1. The molecule has 1 aliphatic rings. The van der Waals surface area contributed by atoms with Crippen molar-refractivity contribution in [2.75, 3.05) is 26.5 Å². The number of imidazole rings is 1. The molecule has 0 aliphatic heterocycles. The minimum atomic E-state index is -3.04. The van der Waals surface area contributed by atoms with Gasteiger partial charge in [-0.1, -0.05) is 12.1 Å². The van der Waals surface area contributed by atoms with E-state index < -0.39 is 7.60 Å². The maximum atomic E-state index is 12.9. The van der Waals surface area contributed by atoms with Gasteiger partial charge in [-0.3, -0.25) is 14.1 Å². The molecule has 8 nitrogen and oxygen atoms in total. The van der Waals surface area contributed by atoms with Crippen molar-refractivity contribution in [3.63, 3.8) is 0 Å². The van der Waals surface area contributed by atoms with Gasteiger partial charge in [-0.05, 0) is 51.5 Å². The van der Waals surface area contributed by atoms with Crippen LogP contribution in [0.15, 0.2) is 29.2 Å². The number of para-hydroxylation sites is 1. The van der Waals surface area contributed by atoms with Gasteiger partial charge in [0, 0.05) is 11.4 Å². The molecule has 0 spiro atoms. The molecule has 9 heteroatoms. The molecule has 1 fully saturated rings. The molecule has 0 saturated heterocycles. The summed E-state index contributed by atoms with van der Waals surface area (Å²) in [5, 5.41) is 0.899. The number of hydrogen-bond acceptors (Lipinski definition) is 6. The molecule has 0 radical (unpaired) electrons. The van der Waals surface area contributed by atoms with E-state index in [2.05, 4.69) is 9.97 Å². The lowest BCUT2D eigenvalue weighted by Gasteiger charge is -2.19. The molecular formula is C22H30N3O5P. The third kappa shape index (κ3) is 4.29. The van der Waals surface area contributed by atoms with Crippen molar-refractivity contribution < 1.29 is 18.3 Å². The molecule has 1 aliphatic carbocycles. The highest BCUT2D eigenvalue weighted by Gasteiger charge is 2.32. The molecule has 3 aromatic rings. The Morgan fingerprint density at radius 2 is 2.00 bits per heavy atom. The van der Waals surface area contributed by atoms with Crippen LogP contribution < -0.4 is 10.4 Å². The van der Waals surface area contributed by atoms with Crippen molar-refractivity contribution in [2.24, 2.45) is 5.92 Å². The van der Waals surface area contributed by atoms with Gasteiger partial charge in [0.1, 0.15) is 11.3 Å². The lowest BCUT2D eigenvalue weighted by Crippen LogP contribution is -2.21. The van der Waals surface area contributed by atoms with Crippen molar-refractivity contribution in [1.82, 2.24) is 14.5 Å². The van der Waals surface area contributed by atoms with E-state index in [1.165, 1.54) is 0 Å². The first-order valence-electron chi connectivity index (χ1n) is 10.9. The highest BCUT2D eigenvalue weighted by Crippen LogP contribution is 2.50. The Morgan fingerprint density at radius 3 is 2.71 bits per heavy atom. The largest absolute Gasteiger partial charge is 0.494 e. The molecule has 2 heterocycles. The van der Waals surface area contributed by atoms with E-state index in [9.17, 15) is 9.36 Å². The molecule has 0 amide bonds. The topological polar surface area (TPSA) is 95.4 Å². The number of aromatic amines is 1. The Morgan fingerprint density at radius 1 is 1.23 bits per heavy atom. The number of rotatable bonds is 9. The van der Waals surface area contributed by atoms with Crippen molar-refractivity contribution in [2.45, 2.75) is 45.6 Å². The SMILES string of the molecule is CCOP(=O)(CC[C@@H]1CC[C@H](n2c(=O)[nH]c3cnc4c(OC)cccc4c32)C1)OCC. The second kappa shape index (κ2) is 9.15. The van der Waals surface area contributed by atoms with Crippen LogP contribution in [0.4, 0.5) is 0 Å². The Labute approximate surface area is 181 Å². The highest BCUT2D eigenvalue weighted by atomic mass is 31.2.